The molecule has 1 N–H and O–H groups in total. The minimum atomic E-state index is -0.136. The minimum Gasteiger partial charge on any atom is -0.466 e. The number of ether oxygens (including phenoxy) is 1. The summed E-state index contributed by atoms with van der Waals surface area (Å²) in [7, 11) is 0. The van der Waals surface area contributed by atoms with Crippen LogP contribution in [0.3, 0.4) is 0 Å². The molecule has 0 radical (unpaired) electrons. The van der Waals surface area contributed by atoms with Crippen LogP contribution in [0, 0.1) is 12.8 Å². The molecule has 5 nitrogen and oxygen atoms in total. The molecular formula is C18H22N2O3. The summed E-state index contributed by atoms with van der Waals surface area (Å²) < 4.78 is 5.08. The molecule has 1 amide bonds. The third-order valence-corrected chi connectivity index (χ3v) is 4.51. The van der Waals surface area contributed by atoms with Crippen molar-refractivity contribution in [3.8, 4) is 0 Å². The molecule has 1 fully saturated rings. The highest BCUT2D eigenvalue weighted by molar-refractivity contribution is 6.08. The highest BCUT2D eigenvalue weighted by Gasteiger charge is 2.30. The van der Waals surface area contributed by atoms with Crippen LogP contribution in [0.2, 0.25) is 0 Å². The zero-order chi connectivity index (χ0) is 16.4. The number of fused-ring (bicyclic) bond motifs is 1. The molecule has 0 saturated carbocycles. The first kappa shape index (κ1) is 15.6. The number of aromatic amines is 1. The number of esters is 1. The van der Waals surface area contributed by atoms with Crippen molar-refractivity contribution >= 4 is 22.8 Å². The monoisotopic (exact) mass is 314 g/mol. The van der Waals surface area contributed by atoms with Crippen molar-refractivity contribution in [1.29, 1.82) is 0 Å². The van der Waals surface area contributed by atoms with Crippen molar-refractivity contribution in [2.24, 2.45) is 5.92 Å². The first-order valence-electron chi connectivity index (χ1n) is 8.15. The van der Waals surface area contributed by atoms with Crippen LogP contribution in [0.25, 0.3) is 10.9 Å². The topological polar surface area (TPSA) is 62.4 Å². The molecule has 122 valence electrons. The van der Waals surface area contributed by atoms with E-state index in [-0.39, 0.29) is 17.8 Å². The van der Waals surface area contributed by atoms with Gasteiger partial charge in [-0.25, -0.2) is 0 Å². The third-order valence-electron chi connectivity index (χ3n) is 4.51. The number of likely N-dealkylation sites (tertiary alicyclic amines) is 1. The van der Waals surface area contributed by atoms with E-state index in [0.717, 1.165) is 22.2 Å². The SMILES string of the molecule is CCOC(=O)C1CCN(C(=O)c2c(C)[nH]c3ccccc23)CC1. The quantitative estimate of drug-likeness (QED) is 0.886. The van der Waals surface area contributed by atoms with Gasteiger partial charge in [-0.2, -0.15) is 0 Å². The van der Waals surface area contributed by atoms with Gasteiger partial charge < -0.3 is 14.6 Å². The lowest BCUT2D eigenvalue weighted by Crippen LogP contribution is -2.40. The van der Waals surface area contributed by atoms with E-state index < -0.39 is 0 Å². The largest absolute Gasteiger partial charge is 0.466 e. The molecule has 0 bridgehead atoms. The molecule has 1 saturated heterocycles. The van der Waals surface area contributed by atoms with Gasteiger partial charge in [0.1, 0.15) is 0 Å². The van der Waals surface area contributed by atoms with E-state index in [1.54, 1.807) is 0 Å². The second kappa shape index (κ2) is 6.44. The number of carbonyl (C=O) groups excluding carboxylic acids is 2. The van der Waals surface area contributed by atoms with Crippen LogP contribution < -0.4 is 0 Å². The summed E-state index contributed by atoms with van der Waals surface area (Å²) in [5.74, 6) is -0.173. The Morgan fingerprint density at radius 1 is 1.26 bits per heavy atom. The average Bonchev–Trinajstić information content (AvgIpc) is 2.90. The molecule has 1 aliphatic heterocycles. The number of para-hydroxylation sites is 1. The van der Waals surface area contributed by atoms with Gasteiger partial charge in [0.05, 0.1) is 18.1 Å². The van der Waals surface area contributed by atoms with Crippen molar-refractivity contribution in [2.45, 2.75) is 26.7 Å². The predicted molar refractivity (Wildman–Crippen MR) is 88.3 cm³/mol. The Labute approximate surface area is 135 Å². The Hall–Kier alpha value is -2.30. The van der Waals surface area contributed by atoms with Crippen molar-refractivity contribution < 1.29 is 14.3 Å². The summed E-state index contributed by atoms with van der Waals surface area (Å²) in [4.78, 5) is 29.8. The number of rotatable bonds is 3. The molecule has 1 aromatic carbocycles. The van der Waals surface area contributed by atoms with Gasteiger partial charge in [0, 0.05) is 29.7 Å². The molecular weight excluding hydrogens is 292 g/mol. The third kappa shape index (κ3) is 2.96. The molecule has 0 atom stereocenters. The zero-order valence-electron chi connectivity index (χ0n) is 13.6. The maximum Gasteiger partial charge on any atom is 0.309 e. The Morgan fingerprint density at radius 2 is 1.96 bits per heavy atom. The molecule has 5 heteroatoms. The van der Waals surface area contributed by atoms with Crippen molar-refractivity contribution in [3.05, 3.63) is 35.5 Å². The normalized spacial score (nSPS) is 15.8. The molecule has 0 spiro atoms. The number of H-pyrrole nitrogens is 1. The van der Waals surface area contributed by atoms with Gasteiger partial charge in [-0.3, -0.25) is 9.59 Å². The van der Waals surface area contributed by atoms with Gasteiger partial charge in [-0.05, 0) is 32.8 Å². The number of aromatic nitrogens is 1. The number of nitrogens with zero attached hydrogens (tertiary/aromatic N) is 1. The molecule has 1 aromatic heterocycles. The van der Waals surface area contributed by atoms with Gasteiger partial charge in [0.15, 0.2) is 0 Å². The van der Waals surface area contributed by atoms with E-state index in [1.165, 1.54) is 0 Å². The van der Waals surface area contributed by atoms with E-state index in [9.17, 15) is 9.59 Å². The summed E-state index contributed by atoms with van der Waals surface area (Å²) in [6, 6.07) is 7.85. The molecule has 23 heavy (non-hydrogen) atoms. The van der Waals surface area contributed by atoms with Gasteiger partial charge >= 0.3 is 5.97 Å². The fraction of sp³-hybridized carbons (Fsp3) is 0.444. The predicted octanol–water partition coefficient (Wildman–Crippen LogP) is 2.89. The first-order chi connectivity index (χ1) is 11.1. The number of carbonyl (C=O) groups is 2. The standard InChI is InChI=1S/C18H22N2O3/c1-3-23-18(22)13-8-10-20(11-9-13)17(21)16-12(2)19-15-7-5-4-6-14(15)16/h4-7,13,19H,3,8-11H2,1-2H3. The van der Waals surface area contributed by atoms with Gasteiger partial charge in [-0.1, -0.05) is 18.2 Å². The van der Waals surface area contributed by atoms with Crippen LogP contribution in [0.5, 0.6) is 0 Å². The van der Waals surface area contributed by atoms with E-state index in [0.29, 0.717) is 32.5 Å². The van der Waals surface area contributed by atoms with E-state index >= 15 is 0 Å². The molecule has 0 unspecified atom stereocenters. The molecule has 0 aliphatic carbocycles. The molecule has 2 aromatic rings. The Bertz CT molecular complexity index is 727. The average molecular weight is 314 g/mol. The van der Waals surface area contributed by atoms with Crippen LogP contribution >= 0.6 is 0 Å². The van der Waals surface area contributed by atoms with Crippen LogP contribution in [0.1, 0.15) is 35.8 Å². The van der Waals surface area contributed by atoms with Crippen molar-refractivity contribution in [2.75, 3.05) is 19.7 Å². The Morgan fingerprint density at radius 3 is 2.65 bits per heavy atom. The maximum absolute atomic E-state index is 12.9. The Balaban J connectivity index is 1.74. The van der Waals surface area contributed by atoms with Gasteiger partial charge in [0.2, 0.25) is 0 Å². The van der Waals surface area contributed by atoms with Crippen LogP contribution in [0.15, 0.2) is 24.3 Å². The van der Waals surface area contributed by atoms with Gasteiger partial charge in [0.25, 0.3) is 5.91 Å². The van der Waals surface area contributed by atoms with Crippen LogP contribution in [-0.4, -0.2) is 41.5 Å². The number of hydrogen-bond donors (Lipinski definition) is 1. The summed E-state index contributed by atoms with van der Waals surface area (Å²) in [6.07, 6.45) is 1.35. The fourth-order valence-electron chi connectivity index (χ4n) is 3.29. The smallest absolute Gasteiger partial charge is 0.309 e. The molecule has 1 aliphatic rings. The van der Waals surface area contributed by atoms with E-state index in [4.69, 9.17) is 4.74 Å². The number of amides is 1. The van der Waals surface area contributed by atoms with E-state index in [1.807, 2.05) is 43.0 Å². The van der Waals surface area contributed by atoms with Crippen LogP contribution in [-0.2, 0) is 9.53 Å². The number of piperidine rings is 1. The summed E-state index contributed by atoms with van der Waals surface area (Å²) >= 11 is 0. The fourth-order valence-corrected chi connectivity index (χ4v) is 3.29. The zero-order valence-corrected chi connectivity index (χ0v) is 13.6. The highest BCUT2D eigenvalue weighted by atomic mass is 16.5. The van der Waals surface area contributed by atoms with Crippen molar-refractivity contribution in [3.63, 3.8) is 0 Å². The molecule has 3 rings (SSSR count). The number of aryl methyl sites for hydroxylation is 1. The highest BCUT2D eigenvalue weighted by Crippen LogP contribution is 2.26. The maximum atomic E-state index is 12.9. The second-order valence-corrected chi connectivity index (χ2v) is 5.99. The second-order valence-electron chi connectivity index (χ2n) is 5.99. The summed E-state index contributed by atoms with van der Waals surface area (Å²) in [5.41, 5.74) is 2.62. The number of nitrogens with one attached hydrogen (secondary N) is 1. The Kier molecular flexibility index (Phi) is 4.37. The van der Waals surface area contributed by atoms with Gasteiger partial charge in [-0.15, -0.1) is 0 Å². The van der Waals surface area contributed by atoms with Crippen LogP contribution in [0.4, 0.5) is 0 Å². The summed E-state index contributed by atoms with van der Waals surface area (Å²) in [6.45, 7) is 5.35. The minimum absolute atomic E-state index is 0.0438. The molecule has 2 heterocycles. The lowest BCUT2D eigenvalue weighted by molar-refractivity contribution is -0.149. The first-order valence-corrected chi connectivity index (χ1v) is 8.15. The van der Waals surface area contributed by atoms with Crippen molar-refractivity contribution in [1.82, 2.24) is 9.88 Å². The lowest BCUT2D eigenvalue weighted by atomic mass is 9.96. The van der Waals surface area contributed by atoms with E-state index in [2.05, 4.69) is 4.98 Å². The summed E-state index contributed by atoms with van der Waals surface area (Å²) in [5, 5.41) is 0.961. The number of hydrogen-bond acceptors (Lipinski definition) is 3. The number of benzene rings is 1. The lowest BCUT2D eigenvalue weighted by Gasteiger charge is -2.31.